The van der Waals surface area contributed by atoms with Crippen LogP contribution in [0.25, 0.3) is 10.8 Å². The minimum absolute atomic E-state index is 0.132. The molecule has 10 heteroatoms. The van der Waals surface area contributed by atoms with Crippen molar-refractivity contribution in [2.24, 2.45) is 0 Å². The molecule has 1 N–H and O–H groups in total. The highest BCUT2D eigenvalue weighted by Crippen LogP contribution is 2.28. The van der Waals surface area contributed by atoms with Gasteiger partial charge in [-0.15, -0.1) is 21.5 Å². The summed E-state index contributed by atoms with van der Waals surface area (Å²) in [5.74, 6) is -0.427. The number of aromatic nitrogens is 2. The standard InChI is InChI=1S/C11H10F3N3O2S2/c1-6(8(18)15-5-11(12,13)14)21-10-17-16-9(19-10)7-3-2-4-20-7/h2-4,6H,5H2,1H3,(H,15,18). The van der Waals surface area contributed by atoms with Gasteiger partial charge in [-0.2, -0.15) is 13.2 Å². The molecule has 0 radical (unpaired) electrons. The van der Waals surface area contributed by atoms with Crippen LogP contribution in [0.3, 0.4) is 0 Å². The first-order chi connectivity index (χ1) is 9.85. The van der Waals surface area contributed by atoms with Gasteiger partial charge in [0.05, 0.1) is 10.1 Å². The fraction of sp³-hybridized carbons (Fsp3) is 0.364. The Bertz CT molecular complexity index is 598. The molecule has 1 atom stereocenters. The predicted molar refractivity (Wildman–Crippen MR) is 72.0 cm³/mol. The summed E-state index contributed by atoms with van der Waals surface area (Å²) in [6.45, 7) is 0.104. The monoisotopic (exact) mass is 337 g/mol. The van der Waals surface area contributed by atoms with Gasteiger partial charge in [0.2, 0.25) is 5.91 Å². The zero-order chi connectivity index (χ0) is 15.5. The van der Waals surface area contributed by atoms with Gasteiger partial charge in [0, 0.05) is 0 Å². The summed E-state index contributed by atoms with van der Waals surface area (Å²) in [7, 11) is 0. The highest BCUT2D eigenvalue weighted by molar-refractivity contribution is 8.00. The second-order valence-corrected chi connectivity index (χ2v) is 6.18. The van der Waals surface area contributed by atoms with E-state index in [2.05, 4.69) is 10.2 Å². The van der Waals surface area contributed by atoms with Crippen molar-refractivity contribution in [3.63, 3.8) is 0 Å². The van der Waals surface area contributed by atoms with E-state index in [0.29, 0.717) is 5.89 Å². The van der Waals surface area contributed by atoms with Gasteiger partial charge in [0.25, 0.3) is 11.1 Å². The number of halogens is 3. The number of amides is 1. The van der Waals surface area contributed by atoms with Gasteiger partial charge >= 0.3 is 6.18 Å². The topological polar surface area (TPSA) is 68.0 Å². The highest BCUT2D eigenvalue weighted by atomic mass is 32.2. The van der Waals surface area contributed by atoms with Crippen LogP contribution in [-0.4, -0.2) is 34.1 Å². The molecule has 5 nitrogen and oxygen atoms in total. The third kappa shape index (κ3) is 4.74. The largest absolute Gasteiger partial charge is 0.410 e. The molecule has 0 bridgehead atoms. The van der Waals surface area contributed by atoms with Crippen LogP contribution in [-0.2, 0) is 4.79 Å². The minimum atomic E-state index is -4.43. The van der Waals surface area contributed by atoms with Crippen molar-refractivity contribution in [3.8, 4) is 10.8 Å². The maximum absolute atomic E-state index is 12.0. The Kier molecular flexibility index (Phi) is 4.88. The lowest BCUT2D eigenvalue weighted by Crippen LogP contribution is -2.37. The number of rotatable bonds is 5. The third-order valence-corrected chi connectivity index (χ3v) is 4.04. The van der Waals surface area contributed by atoms with Crippen LogP contribution in [0.2, 0.25) is 0 Å². The fourth-order valence-electron chi connectivity index (χ4n) is 1.29. The maximum atomic E-state index is 12.0. The SMILES string of the molecule is CC(Sc1nnc(-c2cccs2)o1)C(=O)NCC(F)(F)F. The zero-order valence-electron chi connectivity index (χ0n) is 10.7. The smallest absolute Gasteiger partial charge is 0.405 e. The number of nitrogens with one attached hydrogen (secondary N) is 1. The van der Waals surface area contributed by atoms with E-state index in [4.69, 9.17) is 4.42 Å². The Balaban J connectivity index is 1.91. The Morgan fingerprint density at radius 3 is 2.90 bits per heavy atom. The molecule has 0 fully saturated rings. The Hall–Kier alpha value is -1.55. The molecule has 0 saturated carbocycles. The fourth-order valence-corrected chi connectivity index (χ4v) is 2.65. The van der Waals surface area contributed by atoms with Gasteiger partial charge < -0.3 is 9.73 Å². The number of carbonyl (C=O) groups is 1. The van der Waals surface area contributed by atoms with Crippen molar-refractivity contribution in [3.05, 3.63) is 17.5 Å². The average molecular weight is 337 g/mol. The molecule has 1 unspecified atom stereocenters. The molecule has 1 amide bonds. The van der Waals surface area contributed by atoms with Gasteiger partial charge in [0.15, 0.2) is 0 Å². The molecule has 114 valence electrons. The van der Waals surface area contributed by atoms with Crippen LogP contribution >= 0.6 is 23.1 Å². The molecule has 0 spiro atoms. The van der Waals surface area contributed by atoms with E-state index >= 15 is 0 Å². The zero-order valence-corrected chi connectivity index (χ0v) is 12.3. The summed E-state index contributed by atoms with van der Waals surface area (Å²) in [4.78, 5) is 12.3. The number of alkyl halides is 3. The molecule has 0 aliphatic heterocycles. The number of hydrogen-bond donors (Lipinski definition) is 1. The van der Waals surface area contributed by atoms with E-state index in [9.17, 15) is 18.0 Å². The number of carbonyl (C=O) groups excluding carboxylic acids is 1. The van der Waals surface area contributed by atoms with Crippen LogP contribution in [0.1, 0.15) is 6.92 Å². The van der Waals surface area contributed by atoms with E-state index in [1.54, 1.807) is 11.4 Å². The summed E-state index contributed by atoms with van der Waals surface area (Å²) < 4.78 is 41.4. The van der Waals surface area contributed by atoms with Gasteiger partial charge in [-0.05, 0) is 18.4 Å². The normalized spacial score (nSPS) is 13.1. The Morgan fingerprint density at radius 1 is 1.52 bits per heavy atom. The maximum Gasteiger partial charge on any atom is 0.405 e. The van der Waals surface area contributed by atoms with E-state index < -0.39 is 23.9 Å². The predicted octanol–water partition coefficient (Wildman–Crippen LogP) is 2.96. The molecular weight excluding hydrogens is 327 g/mol. The molecule has 0 aromatic carbocycles. The van der Waals surface area contributed by atoms with Crippen molar-refractivity contribution in [2.75, 3.05) is 6.54 Å². The van der Waals surface area contributed by atoms with Gasteiger partial charge in [-0.1, -0.05) is 17.8 Å². The quantitative estimate of drug-likeness (QED) is 0.850. The third-order valence-electron chi connectivity index (χ3n) is 2.25. The molecule has 21 heavy (non-hydrogen) atoms. The van der Waals surface area contributed by atoms with Crippen molar-refractivity contribution < 1.29 is 22.4 Å². The Labute approximate surface area is 125 Å². The molecular formula is C11H10F3N3O2S2. The second kappa shape index (κ2) is 6.48. The molecule has 2 heterocycles. The summed E-state index contributed by atoms with van der Waals surface area (Å²) in [6, 6.07) is 3.62. The van der Waals surface area contributed by atoms with Crippen LogP contribution in [0.15, 0.2) is 27.2 Å². The first-order valence-electron chi connectivity index (χ1n) is 5.73. The molecule has 0 aliphatic carbocycles. The number of hydrogen-bond acceptors (Lipinski definition) is 6. The van der Waals surface area contributed by atoms with Gasteiger partial charge in [-0.25, -0.2) is 0 Å². The summed E-state index contributed by atoms with van der Waals surface area (Å²) >= 11 is 2.32. The lowest BCUT2D eigenvalue weighted by atomic mass is 10.4. The van der Waals surface area contributed by atoms with E-state index in [-0.39, 0.29) is 5.22 Å². The van der Waals surface area contributed by atoms with Crippen molar-refractivity contribution >= 4 is 29.0 Å². The first kappa shape index (κ1) is 15.8. The van der Waals surface area contributed by atoms with Crippen molar-refractivity contribution in [1.29, 1.82) is 0 Å². The van der Waals surface area contributed by atoms with E-state index in [1.807, 2.05) is 11.4 Å². The van der Waals surface area contributed by atoms with Crippen LogP contribution in [0.4, 0.5) is 13.2 Å². The first-order valence-corrected chi connectivity index (χ1v) is 7.49. The molecule has 2 aromatic rings. The lowest BCUT2D eigenvalue weighted by molar-refractivity contribution is -0.137. The molecule has 0 aliphatic rings. The van der Waals surface area contributed by atoms with Crippen LogP contribution in [0.5, 0.6) is 0 Å². The van der Waals surface area contributed by atoms with Crippen molar-refractivity contribution in [1.82, 2.24) is 15.5 Å². The van der Waals surface area contributed by atoms with E-state index in [1.165, 1.54) is 18.3 Å². The average Bonchev–Trinajstić information content (AvgIpc) is 3.04. The number of nitrogens with zero attached hydrogens (tertiary/aromatic N) is 2. The highest BCUT2D eigenvalue weighted by Gasteiger charge is 2.29. The molecule has 0 saturated heterocycles. The van der Waals surface area contributed by atoms with Crippen LogP contribution < -0.4 is 5.32 Å². The second-order valence-electron chi connectivity index (χ2n) is 3.94. The lowest BCUT2D eigenvalue weighted by Gasteiger charge is -2.11. The van der Waals surface area contributed by atoms with Gasteiger partial charge in [0.1, 0.15) is 6.54 Å². The summed E-state index contributed by atoms with van der Waals surface area (Å²) in [5.41, 5.74) is 0. The van der Waals surface area contributed by atoms with Gasteiger partial charge in [-0.3, -0.25) is 4.79 Å². The number of thiophene rings is 1. The summed E-state index contributed by atoms with van der Waals surface area (Å²) in [5, 5.41) is 10.6. The van der Waals surface area contributed by atoms with Crippen molar-refractivity contribution in [2.45, 2.75) is 23.6 Å². The Morgan fingerprint density at radius 2 is 2.29 bits per heavy atom. The summed E-state index contributed by atoms with van der Waals surface area (Å²) in [6.07, 6.45) is -4.43. The molecule has 2 rings (SSSR count). The molecule has 2 aromatic heterocycles. The van der Waals surface area contributed by atoms with E-state index in [0.717, 1.165) is 16.6 Å². The van der Waals surface area contributed by atoms with Crippen LogP contribution in [0, 0.1) is 0 Å². The number of thioether (sulfide) groups is 1. The minimum Gasteiger partial charge on any atom is -0.410 e.